The van der Waals surface area contributed by atoms with Gasteiger partial charge in [0.25, 0.3) is 0 Å². The van der Waals surface area contributed by atoms with E-state index in [2.05, 4.69) is 15.2 Å². The van der Waals surface area contributed by atoms with Crippen molar-refractivity contribution in [3.8, 4) is 17.2 Å². The first-order valence-corrected chi connectivity index (χ1v) is 8.10. The van der Waals surface area contributed by atoms with Gasteiger partial charge in [0.15, 0.2) is 17.3 Å². The van der Waals surface area contributed by atoms with Crippen molar-refractivity contribution in [1.29, 1.82) is 0 Å². The van der Waals surface area contributed by atoms with Crippen LogP contribution in [0.1, 0.15) is 21.9 Å². The number of benzene rings is 2. The van der Waals surface area contributed by atoms with Gasteiger partial charge < -0.3 is 9.15 Å². The molecule has 4 aromatic rings. The molecule has 0 fully saturated rings. The number of H-pyrrole nitrogens is 1. The van der Waals surface area contributed by atoms with Crippen LogP contribution in [0.15, 0.2) is 77.3 Å². The second-order valence-electron chi connectivity index (χ2n) is 5.62. The van der Waals surface area contributed by atoms with Crippen LogP contribution in [-0.4, -0.2) is 21.2 Å². The molecule has 2 heterocycles. The minimum atomic E-state index is -0.612. The van der Waals surface area contributed by atoms with Crippen LogP contribution in [0.2, 0.25) is 0 Å². The molecule has 0 amide bonds. The van der Waals surface area contributed by atoms with Gasteiger partial charge in [0.1, 0.15) is 0 Å². The maximum atomic E-state index is 12.6. The van der Waals surface area contributed by atoms with Crippen molar-refractivity contribution in [1.82, 2.24) is 15.2 Å². The number of nitrogens with zero attached hydrogens (tertiary/aromatic N) is 2. The van der Waals surface area contributed by atoms with E-state index < -0.39 is 5.97 Å². The highest BCUT2D eigenvalue weighted by Gasteiger charge is 2.23. The maximum Gasteiger partial charge on any atom is 0.367 e. The second kappa shape index (κ2) is 7.06. The number of aromatic amines is 1. The fourth-order valence-corrected chi connectivity index (χ4v) is 2.58. The van der Waals surface area contributed by atoms with E-state index in [1.165, 1.54) is 0 Å². The van der Waals surface area contributed by atoms with Crippen LogP contribution in [0.3, 0.4) is 0 Å². The molecule has 0 spiro atoms. The van der Waals surface area contributed by atoms with Crippen molar-refractivity contribution in [2.45, 2.75) is 6.42 Å². The van der Waals surface area contributed by atoms with E-state index in [0.717, 1.165) is 11.1 Å². The highest BCUT2D eigenvalue weighted by molar-refractivity contribution is 5.94. The number of aromatic nitrogens is 3. The molecule has 0 atom stereocenters. The highest BCUT2D eigenvalue weighted by Crippen LogP contribution is 2.27. The Morgan fingerprint density at radius 1 is 1.00 bits per heavy atom. The van der Waals surface area contributed by atoms with Gasteiger partial charge in [-0.25, -0.2) is 9.78 Å². The zero-order valence-corrected chi connectivity index (χ0v) is 13.8. The summed E-state index contributed by atoms with van der Waals surface area (Å²) in [5, 5.41) is 6.43. The van der Waals surface area contributed by atoms with Crippen molar-refractivity contribution < 1.29 is 13.9 Å². The van der Waals surface area contributed by atoms with Crippen molar-refractivity contribution >= 4 is 5.97 Å². The first kappa shape index (κ1) is 15.8. The van der Waals surface area contributed by atoms with Gasteiger partial charge in [0.2, 0.25) is 5.88 Å². The number of esters is 1. The van der Waals surface area contributed by atoms with Gasteiger partial charge in [0.05, 0.1) is 0 Å². The molecule has 1 N–H and O–H groups in total. The number of oxazole rings is 1. The first-order chi connectivity index (χ1) is 12.8. The van der Waals surface area contributed by atoms with Crippen LogP contribution >= 0.6 is 0 Å². The Balaban J connectivity index is 1.69. The SMILES string of the molecule is O=C(Oc1cc[nH]n1)c1nc(Cc2ccccc2)oc1-c1ccccc1. The van der Waals surface area contributed by atoms with E-state index >= 15 is 0 Å². The molecule has 2 aromatic heterocycles. The molecule has 0 unspecified atom stereocenters. The molecular formula is C20H15N3O3. The molecule has 0 radical (unpaired) electrons. The molecule has 0 saturated heterocycles. The van der Waals surface area contributed by atoms with Gasteiger partial charge >= 0.3 is 5.97 Å². The van der Waals surface area contributed by atoms with Crippen LogP contribution in [0.4, 0.5) is 0 Å². The lowest BCUT2D eigenvalue weighted by Crippen LogP contribution is -2.10. The molecule has 26 heavy (non-hydrogen) atoms. The lowest BCUT2D eigenvalue weighted by Gasteiger charge is -2.00. The summed E-state index contributed by atoms with van der Waals surface area (Å²) in [4.78, 5) is 17.0. The topological polar surface area (TPSA) is 81.0 Å². The predicted octanol–water partition coefficient (Wildman–Crippen LogP) is 3.87. The lowest BCUT2D eigenvalue weighted by molar-refractivity contribution is 0.0722. The quantitative estimate of drug-likeness (QED) is 0.555. The number of ether oxygens (including phenoxy) is 1. The van der Waals surface area contributed by atoms with Gasteiger partial charge in [-0.1, -0.05) is 60.7 Å². The lowest BCUT2D eigenvalue weighted by atomic mass is 10.1. The third kappa shape index (κ3) is 3.39. The Hall–Kier alpha value is -3.67. The number of rotatable bonds is 5. The molecule has 6 nitrogen and oxygen atoms in total. The summed E-state index contributed by atoms with van der Waals surface area (Å²) in [5.74, 6) is 0.404. The molecule has 6 heteroatoms. The molecule has 128 valence electrons. The van der Waals surface area contributed by atoms with Gasteiger partial charge in [-0.3, -0.25) is 5.10 Å². The Kier molecular flexibility index (Phi) is 4.30. The second-order valence-corrected chi connectivity index (χ2v) is 5.62. The zero-order valence-electron chi connectivity index (χ0n) is 13.8. The fourth-order valence-electron chi connectivity index (χ4n) is 2.58. The molecule has 0 aliphatic rings. The molecule has 0 bridgehead atoms. The number of carbonyl (C=O) groups excluding carboxylic acids is 1. The van der Waals surface area contributed by atoms with Crippen molar-refractivity contribution in [3.63, 3.8) is 0 Å². The van der Waals surface area contributed by atoms with Gasteiger partial charge in [-0.2, -0.15) is 0 Å². The summed E-state index contributed by atoms with van der Waals surface area (Å²) in [6.07, 6.45) is 2.06. The highest BCUT2D eigenvalue weighted by atomic mass is 16.5. The van der Waals surface area contributed by atoms with Crippen LogP contribution in [0.5, 0.6) is 5.88 Å². The molecule has 0 aliphatic heterocycles. The number of carbonyl (C=O) groups is 1. The van der Waals surface area contributed by atoms with E-state index in [1.807, 2.05) is 60.7 Å². The monoisotopic (exact) mass is 345 g/mol. The normalized spacial score (nSPS) is 10.6. The van der Waals surface area contributed by atoms with Crippen molar-refractivity contribution in [2.75, 3.05) is 0 Å². The summed E-state index contributed by atoms with van der Waals surface area (Å²) in [6, 6.07) is 20.7. The first-order valence-electron chi connectivity index (χ1n) is 8.10. The minimum Gasteiger partial charge on any atom is -0.439 e. The number of nitrogens with one attached hydrogen (secondary N) is 1. The van der Waals surface area contributed by atoms with E-state index in [-0.39, 0.29) is 11.6 Å². The number of hydrogen-bond donors (Lipinski definition) is 1. The average molecular weight is 345 g/mol. The smallest absolute Gasteiger partial charge is 0.367 e. The summed E-state index contributed by atoms with van der Waals surface area (Å²) in [7, 11) is 0. The molecular weight excluding hydrogens is 330 g/mol. The van der Waals surface area contributed by atoms with Gasteiger partial charge in [-0.15, -0.1) is 5.10 Å². The Morgan fingerprint density at radius 2 is 1.73 bits per heavy atom. The third-order valence-electron chi connectivity index (χ3n) is 3.77. The van der Waals surface area contributed by atoms with E-state index in [9.17, 15) is 4.79 Å². The van der Waals surface area contributed by atoms with E-state index in [4.69, 9.17) is 9.15 Å². The van der Waals surface area contributed by atoms with E-state index in [1.54, 1.807) is 12.3 Å². The summed E-state index contributed by atoms with van der Waals surface area (Å²) in [5.41, 5.74) is 1.93. The molecule has 2 aromatic carbocycles. The van der Waals surface area contributed by atoms with Crippen LogP contribution < -0.4 is 4.74 Å². The summed E-state index contributed by atoms with van der Waals surface area (Å²) >= 11 is 0. The maximum absolute atomic E-state index is 12.6. The van der Waals surface area contributed by atoms with Gasteiger partial charge in [-0.05, 0) is 5.56 Å². The third-order valence-corrected chi connectivity index (χ3v) is 3.77. The Labute approximate surface area is 149 Å². The molecule has 4 rings (SSSR count). The fraction of sp³-hybridized carbons (Fsp3) is 0.0500. The minimum absolute atomic E-state index is 0.130. The zero-order chi connectivity index (χ0) is 17.8. The van der Waals surface area contributed by atoms with Crippen LogP contribution in [0.25, 0.3) is 11.3 Å². The van der Waals surface area contributed by atoms with Crippen molar-refractivity contribution in [2.24, 2.45) is 0 Å². The summed E-state index contributed by atoms with van der Waals surface area (Å²) < 4.78 is 11.2. The van der Waals surface area contributed by atoms with E-state index in [0.29, 0.717) is 18.1 Å². The van der Waals surface area contributed by atoms with Crippen molar-refractivity contribution in [3.05, 3.63) is 90.1 Å². The largest absolute Gasteiger partial charge is 0.439 e. The average Bonchev–Trinajstić information content (AvgIpc) is 3.33. The molecule has 0 aliphatic carbocycles. The van der Waals surface area contributed by atoms with Gasteiger partial charge in [0, 0.05) is 24.2 Å². The standard InChI is InChI=1S/C20H15N3O3/c24-20(26-16-11-12-21-23-16)18-19(15-9-5-2-6-10-15)25-17(22-18)13-14-7-3-1-4-8-14/h1-12H,13H2,(H,21,23). The van der Waals surface area contributed by atoms with Crippen LogP contribution in [-0.2, 0) is 6.42 Å². The predicted molar refractivity (Wildman–Crippen MR) is 94.7 cm³/mol. The van der Waals surface area contributed by atoms with Crippen LogP contribution in [0, 0.1) is 0 Å². The Morgan fingerprint density at radius 3 is 2.42 bits per heavy atom. The summed E-state index contributed by atoms with van der Waals surface area (Å²) in [6.45, 7) is 0. The number of hydrogen-bond acceptors (Lipinski definition) is 5. The molecule has 0 saturated carbocycles. The Bertz CT molecular complexity index is 993.